The number of ether oxygens (including phenoxy) is 2. The molecule has 1 fully saturated rings. The summed E-state index contributed by atoms with van der Waals surface area (Å²) in [5.74, 6) is 1.84. The Morgan fingerprint density at radius 1 is 1.24 bits per heavy atom. The third-order valence-corrected chi connectivity index (χ3v) is 5.95. The summed E-state index contributed by atoms with van der Waals surface area (Å²) in [6.45, 7) is 0. The molecule has 0 radical (unpaired) electrons. The number of hydrogen-bond acceptors (Lipinski definition) is 3. The van der Waals surface area contributed by atoms with Crippen molar-refractivity contribution in [3.63, 3.8) is 0 Å². The summed E-state index contributed by atoms with van der Waals surface area (Å²) in [7, 11) is 5.64. The van der Waals surface area contributed by atoms with Crippen LogP contribution in [0.15, 0.2) is 28.9 Å². The van der Waals surface area contributed by atoms with E-state index in [1.165, 1.54) is 22.9 Å². The van der Waals surface area contributed by atoms with Gasteiger partial charge in [-0.25, -0.2) is 0 Å². The summed E-state index contributed by atoms with van der Waals surface area (Å²) in [5.41, 5.74) is 1.17. The topological polar surface area (TPSA) is 21.7 Å². The van der Waals surface area contributed by atoms with E-state index in [4.69, 9.17) is 9.47 Å². The van der Waals surface area contributed by atoms with Crippen molar-refractivity contribution in [3.8, 4) is 11.5 Å². The van der Waals surface area contributed by atoms with Gasteiger partial charge in [-0.2, -0.15) is 0 Å². The lowest BCUT2D eigenvalue weighted by Crippen LogP contribution is -2.46. The highest BCUT2D eigenvalue weighted by molar-refractivity contribution is 9.11. The third-order valence-electron chi connectivity index (χ3n) is 4.98. The average Bonchev–Trinajstić information content (AvgIpc) is 2.52. The highest BCUT2D eigenvalue weighted by Crippen LogP contribution is 2.55. The Morgan fingerprint density at radius 2 is 1.90 bits per heavy atom. The van der Waals surface area contributed by atoms with Gasteiger partial charge in [-0.3, -0.25) is 0 Å². The molecule has 0 spiro atoms. The molecular weight excluding hydrogens is 330 g/mol. The second-order valence-corrected chi connectivity index (χ2v) is 6.87. The molecule has 4 heteroatoms. The Labute approximate surface area is 135 Å². The molecule has 1 aliphatic heterocycles. The summed E-state index contributed by atoms with van der Waals surface area (Å²) < 4.78 is 12.6. The number of benzene rings is 1. The quantitative estimate of drug-likeness (QED) is 0.819. The predicted octanol–water partition coefficient (Wildman–Crippen LogP) is 4.07. The molecule has 21 heavy (non-hydrogen) atoms. The summed E-state index contributed by atoms with van der Waals surface area (Å²) in [6, 6.07) is 6.66. The van der Waals surface area contributed by atoms with E-state index in [0.29, 0.717) is 6.04 Å². The van der Waals surface area contributed by atoms with E-state index in [0.717, 1.165) is 24.3 Å². The van der Waals surface area contributed by atoms with Crippen molar-refractivity contribution in [3.05, 3.63) is 34.4 Å². The number of hydrogen-bond donors (Lipinski definition) is 0. The number of rotatable bonds is 3. The number of methoxy groups -OCH3 is 2. The number of allylic oxidation sites excluding steroid dienone is 1. The molecule has 1 saturated carbocycles. The third kappa shape index (κ3) is 2.24. The van der Waals surface area contributed by atoms with Crippen LogP contribution in [-0.4, -0.2) is 32.2 Å². The van der Waals surface area contributed by atoms with E-state index in [9.17, 15) is 0 Å². The largest absolute Gasteiger partial charge is 0.496 e. The number of fused-ring (bicyclic) bond motifs is 2. The highest BCUT2D eigenvalue weighted by Gasteiger charge is 2.47. The van der Waals surface area contributed by atoms with Gasteiger partial charge in [0.1, 0.15) is 11.5 Å². The molecule has 1 aliphatic carbocycles. The van der Waals surface area contributed by atoms with E-state index in [1.807, 2.05) is 18.2 Å². The standard InChI is InChI=1S/C17H22BrNO2/c1-19-11-15(18)17(9-5-6-12(19)10-17)16-13(20-2)7-4-8-14(16)21-3/h4,7-8,11-12H,5-6,9-10H2,1-3H3. The van der Waals surface area contributed by atoms with Crippen LogP contribution in [0.4, 0.5) is 0 Å². The highest BCUT2D eigenvalue weighted by atomic mass is 79.9. The van der Waals surface area contributed by atoms with E-state index in [-0.39, 0.29) is 5.41 Å². The Bertz CT molecular complexity index is 550. The van der Waals surface area contributed by atoms with Crippen LogP contribution in [0.3, 0.4) is 0 Å². The van der Waals surface area contributed by atoms with E-state index < -0.39 is 0 Å². The van der Waals surface area contributed by atoms with Gasteiger partial charge < -0.3 is 14.4 Å². The molecule has 2 unspecified atom stereocenters. The minimum absolute atomic E-state index is 0.0205. The Morgan fingerprint density at radius 3 is 2.52 bits per heavy atom. The fraction of sp³-hybridized carbons (Fsp3) is 0.529. The lowest BCUT2D eigenvalue weighted by atomic mass is 9.65. The smallest absolute Gasteiger partial charge is 0.126 e. The van der Waals surface area contributed by atoms with Gasteiger partial charge in [-0.15, -0.1) is 0 Å². The van der Waals surface area contributed by atoms with Crippen molar-refractivity contribution in [2.75, 3.05) is 21.3 Å². The molecule has 0 saturated heterocycles. The molecule has 2 atom stereocenters. The van der Waals surface area contributed by atoms with E-state index in [1.54, 1.807) is 14.2 Å². The van der Waals surface area contributed by atoms with Crippen LogP contribution < -0.4 is 9.47 Å². The lowest BCUT2D eigenvalue weighted by molar-refractivity contribution is 0.171. The van der Waals surface area contributed by atoms with E-state index >= 15 is 0 Å². The fourth-order valence-corrected chi connectivity index (χ4v) is 4.77. The second kappa shape index (κ2) is 5.56. The van der Waals surface area contributed by atoms with Gasteiger partial charge in [0.25, 0.3) is 0 Å². The molecule has 1 aromatic rings. The molecule has 0 aromatic heterocycles. The molecule has 2 bridgehead atoms. The molecule has 0 amide bonds. The zero-order valence-electron chi connectivity index (χ0n) is 12.9. The van der Waals surface area contributed by atoms with Crippen LogP contribution in [0.1, 0.15) is 31.2 Å². The minimum Gasteiger partial charge on any atom is -0.496 e. The summed E-state index contributed by atoms with van der Waals surface area (Å²) in [5, 5.41) is 0. The van der Waals surface area contributed by atoms with Crippen LogP contribution in [0.25, 0.3) is 0 Å². The van der Waals surface area contributed by atoms with Gasteiger partial charge in [-0.05, 0) is 31.4 Å². The van der Waals surface area contributed by atoms with Crippen LogP contribution in [0.5, 0.6) is 11.5 Å². The molecule has 0 N–H and O–H groups in total. The Kier molecular flexibility index (Phi) is 3.91. The van der Waals surface area contributed by atoms with E-state index in [2.05, 4.69) is 34.1 Å². The zero-order chi connectivity index (χ0) is 15.0. The Balaban J connectivity index is 2.20. The van der Waals surface area contributed by atoms with Crippen molar-refractivity contribution < 1.29 is 9.47 Å². The molecular formula is C17H22BrNO2. The van der Waals surface area contributed by atoms with Crippen molar-refractivity contribution in [2.45, 2.75) is 37.1 Å². The van der Waals surface area contributed by atoms with Crippen LogP contribution in [0.2, 0.25) is 0 Å². The molecule has 3 rings (SSSR count). The Hall–Kier alpha value is -1.16. The van der Waals surface area contributed by atoms with Gasteiger partial charge in [0.05, 0.1) is 14.2 Å². The second-order valence-electron chi connectivity index (χ2n) is 6.01. The molecule has 2 aliphatic rings. The summed E-state index contributed by atoms with van der Waals surface area (Å²) in [4.78, 5) is 2.34. The zero-order valence-corrected chi connectivity index (χ0v) is 14.4. The van der Waals surface area contributed by atoms with Crippen LogP contribution in [0, 0.1) is 0 Å². The van der Waals surface area contributed by atoms with Crippen LogP contribution in [-0.2, 0) is 5.41 Å². The van der Waals surface area contributed by atoms with Gasteiger partial charge in [-0.1, -0.05) is 28.4 Å². The lowest BCUT2D eigenvalue weighted by Gasteiger charge is -2.49. The van der Waals surface area contributed by atoms with Gasteiger partial charge in [0, 0.05) is 34.8 Å². The van der Waals surface area contributed by atoms with Crippen molar-refractivity contribution in [1.29, 1.82) is 0 Å². The SMILES string of the molecule is COc1cccc(OC)c1C12CCCC(C1)N(C)C=C2Br. The van der Waals surface area contributed by atoms with Gasteiger partial charge in [0.15, 0.2) is 0 Å². The monoisotopic (exact) mass is 351 g/mol. The molecule has 3 nitrogen and oxygen atoms in total. The van der Waals surface area contributed by atoms with Crippen LogP contribution >= 0.6 is 15.9 Å². The van der Waals surface area contributed by atoms with Gasteiger partial charge in [0.2, 0.25) is 0 Å². The molecule has 1 heterocycles. The number of halogens is 1. The van der Waals surface area contributed by atoms with Crippen molar-refractivity contribution in [1.82, 2.24) is 4.90 Å². The van der Waals surface area contributed by atoms with Crippen molar-refractivity contribution >= 4 is 15.9 Å². The maximum Gasteiger partial charge on any atom is 0.126 e. The first-order chi connectivity index (χ1) is 10.1. The first-order valence-corrected chi connectivity index (χ1v) is 8.23. The first kappa shape index (κ1) is 14.8. The first-order valence-electron chi connectivity index (χ1n) is 7.43. The van der Waals surface area contributed by atoms with Gasteiger partial charge >= 0.3 is 0 Å². The summed E-state index contributed by atoms with van der Waals surface area (Å²) in [6.07, 6.45) is 6.95. The molecule has 1 aromatic carbocycles. The predicted molar refractivity (Wildman–Crippen MR) is 88.3 cm³/mol. The van der Waals surface area contributed by atoms with Crippen molar-refractivity contribution in [2.24, 2.45) is 0 Å². The summed E-state index contributed by atoms with van der Waals surface area (Å²) >= 11 is 3.85. The maximum atomic E-state index is 5.66. The number of nitrogens with zero attached hydrogens (tertiary/aromatic N) is 1. The minimum atomic E-state index is -0.0205. The molecule has 114 valence electrons. The average molecular weight is 352 g/mol. The fourth-order valence-electron chi connectivity index (χ4n) is 3.89. The maximum absolute atomic E-state index is 5.66. The normalized spacial score (nSPS) is 28.1.